The Morgan fingerprint density at radius 3 is 0.887 bits per heavy atom. The van der Waals surface area contributed by atoms with E-state index in [9.17, 15) is 0 Å². The molecule has 0 aliphatic carbocycles. The van der Waals surface area contributed by atoms with Gasteiger partial charge in [0.25, 0.3) is 0 Å². The third-order valence-corrected chi connectivity index (χ3v) is 9.76. The Labute approximate surface area is 322 Å². The van der Waals surface area contributed by atoms with Gasteiger partial charge in [-0.2, -0.15) is 0 Å². The van der Waals surface area contributed by atoms with E-state index in [4.69, 9.17) is 18.9 Å². The maximum Gasteiger partial charge on any atom is 0.120 e. The van der Waals surface area contributed by atoms with Crippen LogP contribution >= 0.6 is 0 Å². The maximum atomic E-state index is 6.28. The lowest BCUT2D eigenvalue weighted by Gasteiger charge is -2.26. The van der Waals surface area contributed by atoms with Crippen molar-refractivity contribution in [1.82, 2.24) is 0 Å². The van der Waals surface area contributed by atoms with Crippen LogP contribution in [0.1, 0.15) is 149 Å². The van der Waals surface area contributed by atoms with Crippen LogP contribution in [-0.4, -0.2) is 13.2 Å². The number of hydrogen-bond donors (Lipinski definition) is 0. The van der Waals surface area contributed by atoms with Crippen LogP contribution in [-0.2, 0) is 34.9 Å². The van der Waals surface area contributed by atoms with Gasteiger partial charge in [0.15, 0.2) is 0 Å². The zero-order chi connectivity index (χ0) is 38.9. The van der Waals surface area contributed by atoms with Gasteiger partial charge in [-0.15, -0.1) is 0 Å². The van der Waals surface area contributed by atoms with Crippen molar-refractivity contribution in [2.24, 2.45) is 0 Å². The molecule has 0 N–H and O–H groups in total. The van der Waals surface area contributed by atoms with Crippen LogP contribution in [0.15, 0.2) is 84.9 Å². The fourth-order valence-corrected chi connectivity index (χ4v) is 5.91. The van der Waals surface area contributed by atoms with Crippen molar-refractivity contribution in [1.29, 1.82) is 0 Å². The largest absolute Gasteiger partial charge is 0.494 e. The van der Waals surface area contributed by atoms with Crippen LogP contribution in [0.5, 0.6) is 23.0 Å². The smallest absolute Gasteiger partial charge is 0.120 e. The van der Waals surface area contributed by atoms with Crippen LogP contribution in [0.4, 0.5) is 0 Å². The molecule has 0 saturated carbocycles. The Morgan fingerprint density at radius 1 is 0.321 bits per heavy atom. The molecular weight excluding hydrogens is 653 g/mol. The third-order valence-electron chi connectivity index (χ3n) is 9.76. The summed E-state index contributed by atoms with van der Waals surface area (Å²) in [6, 6.07) is 30.0. The van der Waals surface area contributed by atoms with Crippen molar-refractivity contribution in [3.63, 3.8) is 0 Å². The van der Waals surface area contributed by atoms with Gasteiger partial charge in [-0.1, -0.05) is 139 Å². The maximum absolute atomic E-state index is 6.28. The lowest BCUT2D eigenvalue weighted by molar-refractivity contribution is 0.291. The minimum absolute atomic E-state index is 0.0655. The molecule has 0 aliphatic heterocycles. The summed E-state index contributed by atoms with van der Waals surface area (Å²) >= 11 is 0. The van der Waals surface area contributed by atoms with E-state index >= 15 is 0 Å². The normalized spacial score (nSPS) is 12.5. The minimum atomic E-state index is 0.0655. The molecule has 0 atom stereocenters. The summed E-state index contributed by atoms with van der Waals surface area (Å²) < 4.78 is 24.6. The fraction of sp³-hybridized carbons (Fsp3) is 0.510. The number of hydrogen-bond acceptors (Lipinski definition) is 4. The van der Waals surface area contributed by atoms with E-state index in [0.29, 0.717) is 13.2 Å². The molecule has 0 heterocycles. The molecule has 0 aromatic heterocycles. The molecule has 4 aromatic rings. The molecule has 4 heteroatoms. The van der Waals surface area contributed by atoms with Crippen molar-refractivity contribution in [3.05, 3.63) is 118 Å². The summed E-state index contributed by atoms with van der Waals surface area (Å²) in [7, 11) is 0. The highest BCUT2D eigenvalue weighted by atomic mass is 16.5. The minimum Gasteiger partial charge on any atom is -0.494 e. The molecule has 53 heavy (non-hydrogen) atoms. The van der Waals surface area contributed by atoms with Gasteiger partial charge in [0.1, 0.15) is 36.2 Å². The van der Waals surface area contributed by atoms with E-state index in [1.807, 2.05) is 0 Å². The van der Waals surface area contributed by atoms with Gasteiger partial charge in [0.05, 0.1) is 13.2 Å². The Bertz CT molecular complexity index is 1510. The highest BCUT2D eigenvalue weighted by Crippen LogP contribution is 2.35. The summed E-state index contributed by atoms with van der Waals surface area (Å²) in [4.78, 5) is 0. The Kier molecular flexibility index (Phi) is 14.2. The fourth-order valence-electron chi connectivity index (χ4n) is 5.91. The summed E-state index contributed by atoms with van der Waals surface area (Å²) in [6.07, 6.45) is 5.59. The van der Waals surface area contributed by atoms with Gasteiger partial charge >= 0.3 is 0 Å². The van der Waals surface area contributed by atoms with Gasteiger partial charge < -0.3 is 18.9 Å². The number of unbranched alkanes of at least 4 members (excludes halogenated alkanes) is 4. The molecule has 0 fully saturated rings. The quantitative estimate of drug-likeness (QED) is 0.108. The highest BCUT2D eigenvalue weighted by Gasteiger charge is 2.22. The van der Waals surface area contributed by atoms with Crippen molar-refractivity contribution in [3.8, 4) is 23.0 Å². The zero-order valence-corrected chi connectivity index (χ0v) is 35.1. The van der Waals surface area contributed by atoms with E-state index in [2.05, 4.69) is 168 Å². The van der Waals surface area contributed by atoms with Crippen LogP contribution in [0.2, 0.25) is 0 Å². The first-order chi connectivity index (χ1) is 24.8. The van der Waals surface area contributed by atoms with E-state index in [1.54, 1.807) is 0 Å². The Morgan fingerprint density at radius 2 is 0.604 bits per heavy atom. The first kappa shape index (κ1) is 41.8. The van der Waals surface area contributed by atoms with E-state index < -0.39 is 0 Å². The van der Waals surface area contributed by atoms with Gasteiger partial charge in [-0.25, -0.2) is 0 Å². The Hall–Kier alpha value is -3.92. The third kappa shape index (κ3) is 13.8. The van der Waals surface area contributed by atoms with Crippen molar-refractivity contribution in [2.75, 3.05) is 13.2 Å². The number of benzene rings is 4. The Balaban J connectivity index is 1.09. The lowest BCUT2D eigenvalue weighted by Crippen LogP contribution is -2.16. The lowest BCUT2D eigenvalue weighted by atomic mass is 9.80. The van der Waals surface area contributed by atoms with Crippen LogP contribution in [0.3, 0.4) is 0 Å². The van der Waals surface area contributed by atoms with Gasteiger partial charge in [0, 0.05) is 0 Å². The molecule has 0 saturated heterocycles. The van der Waals surface area contributed by atoms with E-state index in [0.717, 1.165) is 73.0 Å². The van der Waals surface area contributed by atoms with E-state index in [-0.39, 0.29) is 21.7 Å². The molecule has 0 unspecified atom stereocenters. The molecule has 0 amide bonds. The zero-order valence-electron chi connectivity index (χ0n) is 35.1. The monoisotopic (exact) mass is 721 g/mol. The second-order valence-corrected chi connectivity index (χ2v) is 18.8. The molecule has 0 spiro atoms. The summed E-state index contributed by atoms with van der Waals surface area (Å²) in [6.45, 7) is 29.6. The van der Waals surface area contributed by atoms with E-state index in [1.165, 1.54) is 28.7 Å². The molecule has 0 bridgehead atoms. The van der Waals surface area contributed by atoms with Gasteiger partial charge in [-0.3, -0.25) is 0 Å². The first-order valence-corrected chi connectivity index (χ1v) is 19.8. The molecule has 0 aliphatic rings. The second kappa shape index (κ2) is 17.9. The van der Waals surface area contributed by atoms with Crippen LogP contribution < -0.4 is 18.9 Å². The molecule has 0 radical (unpaired) electrons. The summed E-state index contributed by atoms with van der Waals surface area (Å²) in [5.41, 5.74) is 7.73. The molecule has 4 nitrogen and oxygen atoms in total. The SMILES string of the molecule is CC(C)(C)c1cc(OCc2ccc(OCCCCCCCOc3ccc(COc4cc(C(C)(C)C)cc(C(C)(C)C)c4)cc3)cc2)cc(C(C)(C)C)c1. The van der Waals surface area contributed by atoms with Gasteiger partial charge in [0.2, 0.25) is 0 Å². The highest BCUT2D eigenvalue weighted by molar-refractivity contribution is 5.42. The number of rotatable bonds is 16. The van der Waals surface area contributed by atoms with Gasteiger partial charge in [-0.05, 0) is 116 Å². The predicted molar refractivity (Wildman–Crippen MR) is 223 cm³/mol. The van der Waals surface area contributed by atoms with Crippen molar-refractivity contribution < 1.29 is 18.9 Å². The molecule has 288 valence electrons. The summed E-state index contributed by atoms with van der Waals surface area (Å²) in [5, 5.41) is 0. The topological polar surface area (TPSA) is 36.9 Å². The molecule has 4 aromatic carbocycles. The average molecular weight is 721 g/mol. The summed E-state index contributed by atoms with van der Waals surface area (Å²) in [5.74, 6) is 3.68. The first-order valence-electron chi connectivity index (χ1n) is 19.8. The van der Waals surface area contributed by atoms with Crippen molar-refractivity contribution in [2.45, 2.75) is 150 Å². The average Bonchev–Trinajstić information content (AvgIpc) is 3.08. The van der Waals surface area contributed by atoms with Crippen LogP contribution in [0, 0.1) is 0 Å². The standard InChI is InChI=1S/C49H68O4/c1-46(2,3)38-28-39(47(4,5)6)31-44(30-38)52-34-36-18-22-42(23-19-36)50-26-16-14-13-15-17-27-51-43-24-20-37(21-25-43)35-53-45-32-40(48(7,8)9)29-41(33-45)49(10,11)12/h18-25,28-33H,13-17,26-27,34-35H2,1-12H3. The predicted octanol–water partition coefficient (Wildman–Crippen LogP) is 13.4. The van der Waals surface area contributed by atoms with Crippen LogP contribution in [0.25, 0.3) is 0 Å². The number of ether oxygens (including phenoxy) is 4. The molecule has 4 rings (SSSR count). The molecular formula is C49H68O4. The second-order valence-electron chi connectivity index (χ2n) is 18.8. The van der Waals surface area contributed by atoms with Crippen molar-refractivity contribution >= 4 is 0 Å².